The summed E-state index contributed by atoms with van der Waals surface area (Å²) in [5.41, 5.74) is 0.673. The number of halogens is 1. The van der Waals surface area contributed by atoms with Crippen molar-refractivity contribution in [2.45, 2.75) is 88.4 Å². The summed E-state index contributed by atoms with van der Waals surface area (Å²) in [7, 11) is 0. The molecule has 2 aliphatic heterocycles. The minimum Gasteiger partial charge on any atom is -0.349 e. The van der Waals surface area contributed by atoms with Crippen molar-refractivity contribution in [1.82, 2.24) is 10.2 Å². The van der Waals surface area contributed by atoms with Crippen molar-refractivity contribution in [2.24, 2.45) is 0 Å². The van der Waals surface area contributed by atoms with E-state index in [0.29, 0.717) is 28.7 Å². The molecule has 3 atom stereocenters. The second-order valence-electron chi connectivity index (χ2n) is 8.13. The SMILES string of the molecule is O=C(NC1C[C@H]2CCC[C@@H](C1)N2C1CCCCC1)c1cccc(Cl)c1. The van der Waals surface area contributed by atoms with Gasteiger partial charge in [-0.15, -0.1) is 0 Å². The lowest BCUT2D eigenvalue weighted by Crippen LogP contribution is -2.60. The second-order valence-corrected chi connectivity index (χ2v) is 8.57. The minimum absolute atomic E-state index is 0.0247. The van der Waals surface area contributed by atoms with Crippen LogP contribution < -0.4 is 5.32 Å². The maximum atomic E-state index is 12.6. The van der Waals surface area contributed by atoms with Gasteiger partial charge in [-0.05, 0) is 56.7 Å². The number of carbonyl (C=O) groups excluding carboxylic acids is 1. The molecule has 0 radical (unpaired) electrons. The van der Waals surface area contributed by atoms with Crippen molar-refractivity contribution >= 4 is 17.5 Å². The van der Waals surface area contributed by atoms with Gasteiger partial charge in [-0.25, -0.2) is 0 Å². The quantitative estimate of drug-likeness (QED) is 0.840. The predicted octanol–water partition coefficient (Wildman–Crippen LogP) is 4.79. The number of amides is 1. The number of rotatable bonds is 3. The Kier molecular flexibility index (Phi) is 5.33. The summed E-state index contributed by atoms with van der Waals surface area (Å²) in [6.07, 6.45) is 13.2. The first-order valence-electron chi connectivity index (χ1n) is 10.0. The van der Waals surface area contributed by atoms with Gasteiger partial charge in [0, 0.05) is 34.8 Å². The molecule has 4 heteroatoms. The highest BCUT2D eigenvalue weighted by Gasteiger charge is 2.42. The van der Waals surface area contributed by atoms with Crippen LogP contribution in [-0.2, 0) is 0 Å². The number of piperidine rings is 2. The average Bonchev–Trinajstić information content (AvgIpc) is 2.61. The molecule has 0 spiro atoms. The van der Waals surface area contributed by atoms with E-state index >= 15 is 0 Å². The Hall–Kier alpha value is -1.06. The van der Waals surface area contributed by atoms with Gasteiger partial charge in [0.15, 0.2) is 0 Å². The van der Waals surface area contributed by atoms with Crippen LogP contribution in [-0.4, -0.2) is 35.0 Å². The molecule has 2 heterocycles. The Labute approximate surface area is 156 Å². The summed E-state index contributed by atoms with van der Waals surface area (Å²) in [6, 6.07) is 9.70. The van der Waals surface area contributed by atoms with Gasteiger partial charge in [-0.1, -0.05) is 43.4 Å². The number of nitrogens with one attached hydrogen (secondary N) is 1. The van der Waals surface area contributed by atoms with E-state index in [4.69, 9.17) is 11.6 Å². The molecule has 1 aromatic rings. The highest BCUT2D eigenvalue weighted by molar-refractivity contribution is 6.30. The topological polar surface area (TPSA) is 32.3 Å². The molecule has 2 bridgehead atoms. The molecule has 1 unspecified atom stereocenters. The lowest BCUT2D eigenvalue weighted by atomic mass is 9.78. The van der Waals surface area contributed by atoms with E-state index in [9.17, 15) is 4.79 Å². The molecule has 25 heavy (non-hydrogen) atoms. The molecular weight excluding hydrogens is 332 g/mol. The fourth-order valence-corrected chi connectivity index (χ4v) is 5.60. The van der Waals surface area contributed by atoms with Crippen LogP contribution in [0.2, 0.25) is 5.02 Å². The number of fused-ring (bicyclic) bond motifs is 2. The number of nitrogens with zero attached hydrogens (tertiary/aromatic N) is 1. The number of carbonyl (C=O) groups is 1. The van der Waals surface area contributed by atoms with E-state index in [1.807, 2.05) is 18.2 Å². The van der Waals surface area contributed by atoms with Gasteiger partial charge in [0.25, 0.3) is 5.91 Å². The first-order chi connectivity index (χ1) is 12.2. The lowest BCUT2D eigenvalue weighted by molar-refractivity contribution is -0.0211. The van der Waals surface area contributed by atoms with E-state index in [1.54, 1.807) is 6.07 Å². The maximum Gasteiger partial charge on any atom is 0.251 e. The summed E-state index contributed by atoms with van der Waals surface area (Å²) in [4.78, 5) is 15.5. The minimum atomic E-state index is 0.0247. The van der Waals surface area contributed by atoms with Crippen molar-refractivity contribution < 1.29 is 4.79 Å². The molecule has 0 aromatic heterocycles. The average molecular weight is 361 g/mol. The zero-order valence-electron chi connectivity index (χ0n) is 14.9. The Morgan fingerprint density at radius 3 is 2.32 bits per heavy atom. The number of hydrogen-bond acceptors (Lipinski definition) is 2. The van der Waals surface area contributed by atoms with Crippen LogP contribution in [0.4, 0.5) is 0 Å². The van der Waals surface area contributed by atoms with Gasteiger partial charge in [0.2, 0.25) is 0 Å². The molecule has 1 aromatic carbocycles. The molecule has 3 aliphatic rings. The summed E-state index contributed by atoms with van der Waals surface area (Å²) in [5, 5.41) is 3.91. The third kappa shape index (κ3) is 3.88. The molecule has 136 valence electrons. The van der Waals surface area contributed by atoms with Gasteiger partial charge < -0.3 is 5.32 Å². The fraction of sp³-hybridized carbons (Fsp3) is 0.667. The molecule has 4 rings (SSSR count). The van der Waals surface area contributed by atoms with Crippen molar-refractivity contribution in [3.63, 3.8) is 0 Å². The van der Waals surface area contributed by atoms with Crippen LogP contribution in [0.25, 0.3) is 0 Å². The first-order valence-corrected chi connectivity index (χ1v) is 10.4. The van der Waals surface area contributed by atoms with E-state index in [0.717, 1.165) is 18.9 Å². The maximum absolute atomic E-state index is 12.6. The van der Waals surface area contributed by atoms with Crippen molar-refractivity contribution in [3.05, 3.63) is 34.9 Å². The van der Waals surface area contributed by atoms with Crippen molar-refractivity contribution in [1.29, 1.82) is 0 Å². The van der Waals surface area contributed by atoms with Crippen LogP contribution in [0.3, 0.4) is 0 Å². The number of benzene rings is 1. The van der Waals surface area contributed by atoms with E-state index < -0.39 is 0 Å². The van der Waals surface area contributed by atoms with E-state index in [2.05, 4.69) is 10.2 Å². The third-order valence-corrected chi connectivity index (χ3v) is 6.68. The van der Waals surface area contributed by atoms with Crippen LogP contribution in [0.1, 0.15) is 74.6 Å². The van der Waals surface area contributed by atoms with Crippen LogP contribution in [0, 0.1) is 0 Å². The van der Waals surface area contributed by atoms with E-state index in [1.165, 1.54) is 51.4 Å². The lowest BCUT2D eigenvalue weighted by Gasteiger charge is -2.53. The first kappa shape index (κ1) is 17.4. The number of hydrogen-bond donors (Lipinski definition) is 1. The molecule has 3 fully saturated rings. The van der Waals surface area contributed by atoms with Crippen LogP contribution >= 0.6 is 11.6 Å². The Balaban J connectivity index is 1.41. The molecule has 3 nitrogen and oxygen atoms in total. The molecule has 1 aliphatic carbocycles. The molecule has 1 amide bonds. The summed E-state index contributed by atoms with van der Waals surface area (Å²) >= 11 is 6.03. The Morgan fingerprint density at radius 1 is 0.960 bits per heavy atom. The molecule has 2 saturated heterocycles. The van der Waals surface area contributed by atoms with Gasteiger partial charge in [-0.3, -0.25) is 9.69 Å². The highest BCUT2D eigenvalue weighted by atomic mass is 35.5. The highest BCUT2D eigenvalue weighted by Crippen LogP contribution is 2.39. The van der Waals surface area contributed by atoms with Gasteiger partial charge >= 0.3 is 0 Å². The summed E-state index contributed by atoms with van der Waals surface area (Å²) in [5.74, 6) is 0.0247. The second kappa shape index (κ2) is 7.67. The van der Waals surface area contributed by atoms with Crippen molar-refractivity contribution in [2.75, 3.05) is 0 Å². The largest absolute Gasteiger partial charge is 0.349 e. The fourth-order valence-electron chi connectivity index (χ4n) is 5.41. The van der Waals surface area contributed by atoms with Crippen LogP contribution in [0.15, 0.2) is 24.3 Å². The molecule has 1 N–H and O–H groups in total. The van der Waals surface area contributed by atoms with Gasteiger partial charge in [-0.2, -0.15) is 0 Å². The normalized spacial score (nSPS) is 30.8. The zero-order valence-corrected chi connectivity index (χ0v) is 15.7. The monoisotopic (exact) mass is 360 g/mol. The smallest absolute Gasteiger partial charge is 0.251 e. The van der Waals surface area contributed by atoms with E-state index in [-0.39, 0.29) is 5.91 Å². The Morgan fingerprint density at radius 2 is 1.64 bits per heavy atom. The third-order valence-electron chi connectivity index (χ3n) is 6.45. The molecular formula is C21H29ClN2O. The summed E-state index contributed by atoms with van der Waals surface area (Å²) < 4.78 is 0. The predicted molar refractivity (Wildman–Crippen MR) is 102 cm³/mol. The van der Waals surface area contributed by atoms with Gasteiger partial charge in [0.05, 0.1) is 0 Å². The van der Waals surface area contributed by atoms with Gasteiger partial charge in [0.1, 0.15) is 0 Å². The standard InChI is InChI=1S/C21H29ClN2O/c22-16-7-4-6-15(12-16)21(25)23-17-13-19-10-5-11-20(14-17)24(19)18-8-2-1-3-9-18/h4,6-7,12,17-20H,1-3,5,8-11,13-14H2,(H,23,25)/t17?,19-,20+. The zero-order chi connectivity index (χ0) is 17.2. The Bertz CT molecular complexity index is 600. The molecule has 1 saturated carbocycles. The van der Waals surface area contributed by atoms with Crippen molar-refractivity contribution in [3.8, 4) is 0 Å². The summed E-state index contributed by atoms with van der Waals surface area (Å²) in [6.45, 7) is 0. The van der Waals surface area contributed by atoms with Crippen LogP contribution in [0.5, 0.6) is 0 Å².